The molecule has 122 valence electrons. The van der Waals surface area contributed by atoms with Gasteiger partial charge in [-0.25, -0.2) is 9.18 Å². The summed E-state index contributed by atoms with van der Waals surface area (Å²) in [5.74, 6) is -0.668. The largest absolute Gasteiger partial charge is 0.376 e. The zero-order valence-electron chi connectivity index (χ0n) is 12.3. The zero-order chi connectivity index (χ0) is 16.2. The molecule has 1 aromatic carbocycles. The third-order valence-corrected chi connectivity index (χ3v) is 3.80. The molecular weight excluding hydrogens is 323 g/mol. The number of hydrogen-bond acceptors (Lipinski definition) is 3. The summed E-state index contributed by atoms with van der Waals surface area (Å²) in [6.07, 6.45) is 5.47. The fraction of sp³-hybridized carbons (Fsp3) is 0.333. The summed E-state index contributed by atoms with van der Waals surface area (Å²) in [6.45, 7) is 1.43. The lowest BCUT2D eigenvalue weighted by Gasteiger charge is -2.09. The molecule has 0 bridgehead atoms. The highest BCUT2D eigenvalue weighted by Gasteiger charge is 2.16. The Morgan fingerprint density at radius 1 is 1.48 bits per heavy atom. The average Bonchev–Trinajstić information content (AvgIpc) is 3.17. The Balaban J connectivity index is 1.57. The van der Waals surface area contributed by atoms with Crippen molar-refractivity contribution in [2.75, 3.05) is 17.2 Å². The summed E-state index contributed by atoms with van der Waals surface area (Å²) in [6, 6.07) is 3.83. The third kappa shape index (κ3) is 4.00. The van der Waals surface area contributed by atoms with Gasteiger partial charge in [-0.1, -0.05) is 17.7 Å². The Morgan fingerprint density at radius 2 is 2.35 bits per heavy atom. The van der Waals surface area contributed by atoms with E-state index in [2.05, 4.69) is 15.7 Å². The normalized spacial score (nSPS) is 17.2. The standard InChI is InChI=1S/C15H16ClFN4O2/c16-12-4-1-5-13(14(12)17)20-15(22)19-10-7-18-21(8-10)9-11-3-2-6-23-11/h1,4-5,7-8,11H,2-3,6,9H2,(H2,19,20,22). The van der Waals surface area contributed by atoms with E-state index >= 15 is 0 Å². The SMILES string of the molecule is O=C(Nc1cnn(CC2CCCO2)c1)Nc1cccc(Cl)c1F. The fourth-order valence-corrected chi connectivity index (χ4v) is 2.58. The van der Waals surface area contributed by atoms with Gasteiger partial charge in [-0.05, 0) is 25.0 Å². The molecule has 1 aliphatic rings. The summed E-state index contributed by atoms with van der Waals surface area (Å²) in [4.78, 5) is 11.9. The zero-order valence-corrected chi connectivity index (χ0v) is 13.0. The Kier molecular flexibility index (Phi) is 4.78. The van der Waals surface area contributed by atoms with Crippen molar-refractivity contribution >= 4 is 29.0 Å². The van der Waals surface area contributed by atoms with Crippen LogP contribution >= 0.6 is 11.6 Å². The van der Waals surface area contributed by atoms with Crippen LogP contribution in [0.1, 0.15) is 12.8 Å². The van der Waals surface area contributed by atoms with Crippen LogP contribution in [-0.2, 0) is 11.3 Å². The minimum absolute atomic E-state index is 0.0155. The number of hydrogen-bond donors (Lipinski definition) is 2. The first-order valence-electron chi connectivity index (χ1n) is 7.28. The van der Waals surface area contributed by atoms with Gasteiger partial charge in [0.15, 0.2) is 5.82 Å². The lowest BCUT2D eigenvalue weighted by atomic mass is 10.2. The molecule has 2 N–H and O–H groups in total. The van der Waals surface area contributed by atoms with Crippen LogP contribution in [0.25, 0.3) is 0 Å². The molecule has 2 amide bonds. The van der Waals surface area contributed by atoms with Gasteiger partial charge in [-0.15, -0.1) is 0 Å². The lowest BCUT2D eigenvalue weighted by molar-refractivity contribution is 0.0940. The quantitative estimate of drug-likeness (QED) is 0.896. The average molecular weight is 339 g/mol. The highest BCUT2D eigenvalue weighted by molar-refractivity contribution is 6.31. The van der Waals surface area contributed by atoms with Gasteiger partial charge in [-0.3, -0.25) is 4.68 Å². The second kappa shape index (κ2) is 6.97. The van der Waals surface area contributed by atoms with Crippen molar-refractivity contribution in [2.45, 2.75) is 25.5 Å². The number of anilines is 2. The molecule has 1 fully saturated rings. The second-order valence-corrected chi connectivity index (χ2v) is 5.67. The number of rotatable bonds is 4. The maximum atomic E-state index is 13.7. The number of halogens is 2. The van der Waals surface area contributed by atoms with E-state index in [1.54, 1.807) is 16.9 Å². The van der Waals surface area contributed by atoms with Gasteiger partial charge in [0.2, 0.25) is 0 Å². The van der Waals surface area contributed by atoms with Crippen LogP contribution in [0, 0.1) is 5.82 Å². The highest BCUT2D eigenvalue weighted by Crippen LogP contribution is 2.22. The minimum Gasteiger partial charge on any atom is -0.376 e. The van der Waals surface area contributed by atoms with Gasteiger partial charge in [0, 0.05) is 12.8 Å². The van der Waals surface area contributed by atoms with E-state index in [9.17, 15) is 9.18 Å². The molecule has 2 heterocycles. The van der Waals surface area contributed by atoms with Crippen molar-refractivity contribution in [1.29, 1.82) is 0 Å². The highest BCUT2D eigenvalue weighted by atomic mass is 35.5. The molecule has 1 aromatic heterocycles. The predicted octanol–water partition coefficient (Wildman–Crippen LogP) is 3.50. The van der Waals surface area contributed by atoms with Crippen LogP contribution in [-0.4, -0.2) is 28.5 Å². The molecule has 0 aliphatic carbocycles. The number of ether oxygens (including phenoxy) is 1. The Labute approximate surface area is 137 Å². The molecule has 3 rings (SSSR count). The Hall–Kier alpha value is -2.12. The molecule has 23 heavy (non-hydrogen) atoms. The number of urea groups is 1. The Bertz CT molecular complexity index is 701. The summed E-state index contributed by atoms with van der Waals surface area (Å²) >= 11 is 5.67. The van der Waals surface area contributed by atoms with E-state index in [0.717, 1.165) is 19.4 Å². The molecule has 0 saturated carbocycles. The van der Waals surface area contributed by atoms with E-state index in [-0.39, 0.29) is 16.8 Å². The molecule has 1 aliphatic heterocycles. The first-order chi connectivity index (χ1) is 11.1. The minimum atomic E-state index is -0.668. The van der Waals surface area contributed by atoms with Crippen molar-refractivity contribution in [3.8, 4) is 0 Å². The first-order valence-corrected chi connectivity index (χ1v) is 7.65. The van der Waals surface area contributed by atoms with Crippen molar-refractivity contribution in [3.63, 3.8) is 0 Å². The molecule has 8 heteroatoms. The maximum Gasteiger partial charge on any atom is 0.323 e. The van der Waals surface area contributed by atoms with Crippen molar-refractivity contribution in [1.82, 2.24) is 9.78 Å². The van der Waals surface area contributed by atoms with Crippen LogP contribution in [0.15, 0.2) is 30.6 Å². The smallest absolute Gasteiger partial charge is 0.323 e. The van der Waals surface area contributed by atoms with Gasteiger partial charge in [0.25, 0.3) is 0 Å². The molecule has 1 unspecified atom stereocenters. The summed E-state index contributed by atoms with van der Waals surface area (Å²) in [5.41, 5.74) is 0.532. The van der Waals surface area contributed by atoms with Gasteiger partial charge < -0.3 is 15.4 Å². The van der Waals surface area contributed by atoms with E-state index in [1.807, 2.05) is 0 Å². The van der Waals surface area contributed by atoms with Crippen molar-refractivity contribution < 1.29 is 13.9 Å². The van der Waals surface area contributed by atoms with Gasteiger partial charge in [-0.2, -0.15) is 5.10 Å². The van der Waals surface area contributed by atoms with E-state index in [4.69, 9.17) is 16.3 Å². The van der Waals surface area contributed by atoms with E-state index in [0.29, 0.717) is 12.2 Å². The van der Waals surface area contributed by atoms with E-state index < -0.39 is 11.8 Å². The molecule has 6 nitrogen and oxygen atoms in total. The molecule has 0 radical (unpaired) electrons. The number of amides is 2. The number of nitrogens with zero attached hydrogens (tertiary/aromatic N) is 2. The first kappa shape index (κ1) is 15.8. The molecular formula is C15H16ClFN4O2. The molecule has 1 saturated heterocycles. The molecule has 2 aromatic rings. The van der Waals surface area contributed by atoms with Gasteiger partial charge in [0.05, 0.1) is 35.2 Å². The van der Waals surface area contributed by atoms with Crippen molar-refractivity contribution in [2.24, 2.45) is 0 Å². The summed E-state index contributed by atoms with van der Waals surface area (Å²) in [5, 5.41) is 9.13. The lowest BCUT2D eigenvalue weighted by Crippen LogP contribution is -2.20. The van der Waals surface area contributed by atoms with E-state index in [1.165, 1.54) is 18.3 Å². The number of aromatic nitrogens is 2. The van der Waals surface area contributed by atoms with Gasteiger partial charge in [0.1, 0.15) is 0 Å². The van der Waals surface area contributed by atoms with Crippen molar-refractivity contribution in [3.05, 3.63) is 41.4 Å². The molecule has 0 spiro atoms. The summed E-state index contributed by atoms with van der Waals surface area (Å²) in [7, 11) is 0. The fourth-order valence-electron chi connectivity index (χ4n) is 2.41. The number of carbonyl (C=O) groups excluding carboxylic acids is 1. The van der Waals surface area contributed by atoms with Crippen LogP contribution in [0.2, 0.25) is 5.02 Å². The number of nitrogens with one attached hydrogen (secondary N) is 2. The number of carbonyl (C=O) groups is 1. The number of benzene rings is 1. The molecule has 1 atom stereocenters. The maximum absolute atomic E-state index is 13.7. The topological polar surface area (TPSA) is 68.2 Å². The third-order valence-electron chi connectivity index (χ3n) is 3.51. The summed E-state index contributed by atoms with van der Waals surface area (Å²) < 4.78 is 21.0. The predicted molar refractivity (Wildman–Crippen MR) is 85.3 cm³/mol. The van der Waals surface area contributed by atoms with Crippen LogP contribution in [0.3, 0.4) is 0 Å². The second-order valence-electron chi connectivity index (χ2n) is 5.27. The van der Waals surface area contributed by atoms with Crippen LogP contribution in [0.5, 0.6) is 0 Å². The van der Waals surface area contributed by atoms with Crippen LogP contribution < -0.4 is 10.6 Å². The monoisotopic (exact) mass is 338 g/mol. The van der Waals surface area contributed by atoms with Gasteiger partial charge >= 0.3 is 6.03 Å². The van der Waals surface area contributed by atoms with Crippen LogP contribution in [0.4, 0.5) is 20.6 Å². The Morgan fingerprint density at radius 3 is 3.13 bits per heavy atom.